The van der Waals surface area contributed by atoms with E-state index in [0.29, 0.717) is 32.8 Å². The lowest BCUT2D eigenvalue weighted by Gasteiger charge is -2.29. The molecular weight excluding hydrogens is 380 g/mol. The van der Waals surface area contributed by atoms with E-state index in [-0.39, 0.29) is 24.2 Å². The Morgan fingerprint density at radius 3 is 2.73 bits per heavy atom. The summed E-state index contributed by atoms with van der Waals surface area (Å²) >= 11 is 0. The van der Waals surface area contributed by atoms with Crippen molar-refractivity contribution in [1.82, 2.24) is 15.2 Å². The van der Waals surface area contributed by atoms with Crippen LogP contribution in [0.5, 0.6) is 0 Å². The molecule has 1 unspecified atom stereocenters. The molecule has 2 aliphatic heterocycles. The van der Waals surface area contributed by atoms with Gasteiger partial charge in [0.25, 0.3) is 0 Å². The van der Waals surface area contributed by atoms with Gasteiger partial charge >= 0.3 is 0 Å². The molecule has 0 radical (unpaired) electrons. The van der Waals surface area contributed by atoms with Gasteiger partial charge in [0.1, 0.15) is 5.82 Å². The average molecular weight is 409 g/mol. The van der Waals surface area contributed by atoms with Gasteiger partial charge in [0.2, 0.25) is 11.8 Å². The number of carbonyl (C=O) groups excluding carboxylic acids is 2. The van der Waals surface area contributed by atoms with Crippen LogP contribution in [-0.4, -0.2) is 54.5 Å². The van der Waals surface area contributed by atoms with Crippen LogP contribution in [0.2, 0.25) is 0 Å². The molecule has 4 rings (SSSR count). The van der Waals surface area contributed by atoms with Crippen LogP contribution >= 0.6 is 0 Å². The zero-order valence-corrected chi connectivity index (χ0v) is 17.3. The molecule has 1 aromatic carbocycles. The summed E-state index contributed by atoms with van der Waals surface area (Å²) in [4.78, 5) is 33.6. The van der Waals surface area contributed by atoms with Gasteiger partial charge in [-0.2, -0.15) is 0 Å². The SMILES string of the molecule is Cc1ccc(CN2CC(C(=O)NCc3cccnc3N3CCOCC3)CC2=O)cc1. The third kappa shape index (κ3) is 4.79. The molecule has 2 saturated heterocycles. The van der Waals surface area contributed by atoms with Gasteiger partial charge < -0.3 is 19.9 Å². The highest BCUT2D eigenvalue weighted by Gasteiger charge is 2.34. The maximum Gasteiger partial charge on any atom is 0.225 e. The molecule has 2 aliphatic rings. The first-order chi connectivity index (χ1) is 14.6. The number of anilines is 1. The summed E-state index contributed by atoms with van der Waals surface area (Å²) in [6.07, 6.45) is 2.04. The second kappa shape index (κ2) is 9.26. The zero-order chi connectivity index (χ0) is 20.9. The number of amides is 2. The molecule has 7 nitrogen and oxygen atoms in total. The molecular formula is C23H28N4O3. The van der Waals surface area contributed by atoms with E-state index < -0.39 is 0 Å². The molecule has 0 bridgehead atoms. The van der Waals surface area contributed by atoms with Gasteiger partial charge in [-0.25, -0.2) is 4.98 Å². The number of hydrogen-bond donors (Lipinski definition) is 1. The number of ether oxygens (including phenoxy) is 1. The first-order valence-electron chi connectivity index (χ1n) is 10.5. The summed E-state index contributed by atoms with van der Waals surface area (Å²) in [6.45, 7) is 6.41. The van der Waals surface area contributed by atoms with Crippen LogP contribution in [-0.2, 0) is 27.4 Å². The largest absolute Gasteiger partial charge is 0.378 e. The van der Waals surface area contributed by atoms with Gasteiger partial charge in [-0.05, 0) is 18.6 Å². The Morgan fingerprint density at radius 1 is 1.20 bits per heavy atom. The van der Waals surface area contributed by atoms with Crippen LogP contribution in [0.25, 0.3) is 0 Å². The van der Waals surface area contributed by atoms with Crippen LogP contribution < -0.4 is 10.2 Å². The first-order valence-corrected chi connectivity index (χ1v) is 10.5. The van der Waals surface area contributed by atoms with Crippen molar-refractivity contribution in [2.24, 2.45) is 5.92 Å². The van der Waals surface area contributed by atoms with Crippen LogP contribution in [0.3, 0.4) is 0 Å². The number of pyridine rings is 1. The molecule has 1 aromatic heterocycles. The smallest absolute Gasteiger partial charge is 0.225 e. The monoisotopic (exact) mass is 408 g/mol. The fourth-order valence-electron chi connectivity index (χ4n) is 3.97. The van der Waals surface area contributed by atoms with Crippen molar-refractivity contribution in [3.63, 3.8) is 0 Å². The minimum Gasteiger partial charge on any atom is -0.378 e. The summed E-state index contributed by atoms with van der Waals surface area (Å²) < 4.78 is 5.42. The van der Waals surface area contributed by atoms with Gasteiger partial charge in [-0.1, -0.05) is 35.9 Å². The van der Waals surface area contributed by atoms with Gasteiger partial charge in [-0.15, -0.1) is 0 Å². The van der Waals surface area contributed by atoms with E-state index in [2.05, 4.69) is 15.2 Å². The summed E-state index contributed by atoms with van der Waals surface area (Å²) in [5, 5.41) is 3.02. The van der Waals surface area contributed by atoms with Crippen molar-refractivity contribution in [1.29, 1.82) is 0 Å². The maximum absolute atomic E-state index is 12.8. The Bertz CT molecular complexity index is 894. The third-order valence-electron chi connectivity index (χ3n) is 5.71. The fraction of sp³-hybridized carbons (Fsp3) is 0.435. The Kier molecular flexibility index (Phi) is 6.28. The molecule has 0 spiro atoms. The van der Waals surface area contributed by atoms with Crippen LogP contribution in [0.1, 0.15) is 23.1 Å². The quantitative estimate of drug-likeness (QED) is 0.790. The number of aryl methyl sites for hydroxylation is 1. The summed E-state index contributed by atoms with van der Waals surface area (Å²) in [6, 6.07) is 12.0. The van der Waals surface area contributed by atoms with E-state index in [1.165, 1.54) is 5.56 Å². The predicted octanol–water partition coefficient (Wildman–Crippen LogP) is 1.89. The number of carbonyl (C=O) groups is 2. The highest BCUT2D eigenvalue weighted by Crippen LogP contribution is 2.22. The molecule has 0 aliphatic carbocycles. The fourth-order valence-corrected chi connectivity index (χ4v) is 3.97. The average Bonchev–Trinajstić information content (AvgIpc) is 3.15. The lowest BCUT2D eigenvalue weighted by Crippen LogP contribution is -2.38. The molecule has 2 aromatic rings. The number of nitrogens with zero attached hydrogens (tertiary/aromatic N) is 3. The van der Waals surface area contributed by atoms with E-state index in [1.807, 2.05) is 43.3 Å². The number of nitrogens with one attached hydrogen (secondary N) is 1. The van der Waals surface area contributed by atoms with E-state index in [4.69, 9.17) is 4.74 Å². The highest BCUT2D eigenvalue weighted by atomic mass is 16.5. The van der Waals surface area contributed by atoms with Crippen LogP contribution in [0.15, 0.2) is 42.6 Å². The summed E-state index contributed by atoms with van der Waals surface area (Å²) in [7, 11) is 0. The van der Waals surface area contributed by atoms with Crippen molar-refractivity contribution in [3.8, 4) is 0 Å². The first kappa shape index (κ1) is 20.3. The lowest BCUT2D eigenvalue weighted by molar-refractivity contribution is -0.129. The van der Waals surface area contributed by atoms with E-state index in [9.17, 15) is 9.59 Å². The van der Waals surface area contributed by atoms with Gasteiger partial charge in [-0.3, -0.25) is 9.59 Å². The van der Waals surface area contributed by atoms with E-state index in [0.717, 1.165) is 30.0 Å². The van der Waals surface area contributed by atoms with Crippen molar-refractivity contribution < 1.29 is 14.3 Å². The second-order valence-corrected chi connectivity index (χ2v) is 7.96. The standard InChI is InChI=1S/C23H28N4O3/c1-17-4-6-18(7-5-17)15-27-16-20(13-21(27)28)23(29)25-14-19-3-2-8-24-22(19)26-9-11-30-12-10-26/h2-8,20H,9-16H2,1H3,(H,25,29). The molecule has 3 heterocycles. The Balaban J connectivity index is 1.34. The van der Waals surface area contributed by atoms with Gasteiger partial charge in [0.15, 0.2) is 0 Å². The zero-order valence-electron chi connectivity index (χ0n) is 17.3. The van der Waals surface area contributed by atoms with Crippen molar-refractivity contribution in [2.75, 3.05) is 37.7 Å². The van der Waals surface area contributed by atoms with Crippen molar-refractivity contribution in [3.05, 3.63) is 59.3 Å². The van der Waals surface area contributed by atoms with Crippen molar-refractivity contribution >= 4 is 17.6 Å². The van der Waals surface area contributed by atoms with E-state index in [1.54, 1.807) is 11.1 Å². The predicted molar refractivity (Wildman–Crippen MR) is 114 cm³/mol. The summed E-state index contributed by atoms with van der Waals surface area (Å²) in [5.74, 6) is 0.536. The number of rotatable bonds is 6. The minimum atomic E-state index is -0.313. The maximum atomic E-state index is 12.8. The highest BCUT2D eigenvalue weighted by molar-refractivity contribution is 5.89. The lowest BCUT2D eigenvalue weighted by atomic mass is 10.1. The van der Waals surface area contributed by atoms with Gasteiger partial charge in [0.05, 0.1) is 19.1 Å². The van der Waals surface area contributed by atoms with Crippen LogP contribution in [0.4, 0.5) is 5.82 Å². The number of benzene rings is 1. The van der Waals surface area contributed by atoms with Crippen molar-refractivity contribution in [2.45, 2.75) is 26.4 Å². The topological polar surface area (TPSA) is 74.8 Å². The number of aromatic nitrogens is 1. The molecule has 1 atom stereocenters. The molecule has 7 heteroatoms. The Labute approximate surface area is 177 Å². The minimum absolute atomic E-state index is 0.0334. The van der Waals surface area contributed by atoms with E-state index >= 15 is 0 Å². The molecule has 2 amide bonds. The second-order valence-electron chi connectivity index (χ2n) is 7.96. The molecule has 2 fully saturated rings. The third-order valence-corrected chi connectivity index (χ3v) is 5.71. The Morgan fingerprint density at radius 2 is 1.97 bits per heavy atom. The molecule has 30 heavy (non-hydrogen) atoms. The Hall–Kier alpha value is -2.93. The molecule has 1 N–H and O–H groups in total. The number of morpholine rings is 1. The van der Waals surface area contributed by atoms with Crippen LogP contribution in [0, 0.1) is 12.8 Å². The molecule has 158 valence electrons. The number of hydrogen-bond acceptors (Lipinski definition) is 5. The van der Waals surface area contributed by atoms with Gasteiger partial charge in [0, 0.05) is 50.9 Å². The number of likely N-dealkylation sites (tertiary alicyclic amines) is 1. The summed E-state index contributed by atoms with van der Waals surface area (Å²) in [5.41, 5.74) is 3.25. The normalized spacial score (nSPS) is 19.2. The molecule has 0 saturated carbocycles.